The van der Waals surface area contributed by atoms with E-state index in [2.05, 4.69) is 4.98 Å². The van der Waals surface area contributed by atoms with Gasteiger partial charge in [-0.2, -0.15) is 0 Å². The number of nitrogens with zero attached hydrogens (tertiary/aromatic N) is 2. The molecule has 1 aliphatic heterocycles. The minimum absolute atomic E-state index is 0.283. The Kier molecular flexibility index (Phi) is 4.55. The summed E-state index contributed by atoms with van der Waals surface area (Å²) in [7, 11) is 1.50. The molecule has 0 aromatic carbocycles. The molecule has 108 valence electrons. The number of carbonyl (C=O) groups excluding carboxylic acids is 1. The van der Waals surface area contributed by atoms with Crippen molar-refractivity contribution in [1.82, 2.24) is 9.88 Å². The Morgan fingerprint density at radius 2 is 2.15 bits per heavy atom. The van der Waals surface area contributed by atoms with Gasteiger partial charge in [0.15, 0.2) is 0 Å². The monoisotopic (exact) mass is 278 g/mol. The van der Waals surface area contributed by atoms with Crippen LogP contribution in [0.1, 0.15) is 36.0 Å². The zero-order valence-electron chi connectivity index (χ0n) is 11.4. The molecule has 0 aliphatic carbocycles. The normalized spacial score (nSPS) is 19.2. The van der Waals surface area contributed by atoms with Crippen LogP contribution in [0.25, 0.3) is 0 Å². The fourth-order valence-electron chi connectivity index (χ4n) is 2.40. The molecule has 1 aliphatic rings. The van der Waals surface area contributed by atoms with Gasteiger partial charge in [-0.15, -0.1) is 0 Å². The molecule has 1 atom stereocenters. The molecular weight excluding hydrogens is 260 g/mol. The maximum atomic E-state index is 12.4. The molecule has 2 rings (SSSR count). The zero-order valence-corrected chi connectivity index (χ0v) is 11.4. The molecule has 1 amide bonds. The van der Waals surface area contributed by atoms with Gasteiger partial charge in [-0.1, -0.05) is 12.8 Å². The van der Waals surface area contributed by atoms with Crippen molar-refractivity contribution in [3.63, 3.8) is 0 Å². The van der Waals surface area contributed by atoms with Gasteiger partial charge >= 0.3 is 5.97 Å². The highest BCUT2D eigenvalue weighted by Gasteiger charge is 2.31. The smallest absolute Gasteiger partial charge is 0.326 e. The van der Waals surface area contributed by atoms with E-state index < -0.39 is 12.0 Å². The molecule has 20 heavy (non-hydrogen) atoms. The molecule has 2 heterocycles. The van der Waals surface area contributed by atoms with Crippen LogP contribution < -0.4 is 4.74 Å². The van der Waals surface area contributed by atoms with Crippen LogP contribution in [-0.4, -0.2) is 46.6 Å². The Labute approximate surface area is 117 Å². The van der Waals surface area contributed by atoms with Crippen molar-refractivity contribution in [2.24, 2.45) is 0 Å². The number of carbonyl (C=O) groups is 2. The summed E-state index contributed by atoms with van der Waals surface area (Å²) in [5, 5.41) is 9.28. The lowest BCUT2D eigenvalue weighted by atomic mass is 10.1. The summed E-state index contributed by atoms with van der Waals surface area (Å²) in [5.74, 6) is -0.802. The minimum Gasteiger partial charge on any atom is -0.481 e. The molecule has 1 saturated heterocycles. The molecule has 6 heteroatoms. The number of amides is 1. The number of hydrogen-bond donors (Lipinski definition) is 1. The third kappa shape index (κ3) is 3.07. The lowest BCUT2D eigenvalue weighted by molar-refractivity contribution is -0.142. The molecule has 0 spiro atoms. The van der Waals surface area contributed by atoms with E-state index in [9.17, 15) is 14.7 Å². The van der Waals surface area contributed by atoms with Gasteiger partial charge in [-0.3, -0.25) is 4.79 Å². The number of rotatable bonds is 3. The van der Waals surface area contributed by atoms with Crippen LogP contribution in [0, 0.1) is 0 Å². The molecule has 0 bridgehead atoms. The van der Waals surface area contributed by atoms with Crippen molar-refractivity contribution in [2.45, 2.75) is 31.7 Å². The number of aromatic nitrogens is 1. The fraction of sp³-hybridized carbons (Fsp3) is 0.500. The van der Waals surface area contributed by atoms with E-state index in [1.54, 1.807) is 12.1 Å². The van der Waals surface area contributed by atoms with Crippen LogP contribution in [0.15, 0.2) is 18.3 Å². The highest BCUT2D eigenvalue weighted by molar-refractivity contribution is 5.96. The molecule has 1 unspecified atom stereocenters. The second-order valence-corrected chi connectivity index (χ2v) is 4.79. The van der Waals surface area contributed by atoms with E-state index in [0.717, 1.165) is 19.3 Å². The van der Waals surface area contributed by atoms with Crippen LogP contribution in [-0.2, 0) is 4.79 Å². The second-order valence-electron chi connectivity index (χ2n) is 4.79. The van der Waals surface area contributed by atoms with Crippen molar-refractivity contribution in [3.8, 4) is 5.88 Å². The van der Waals surface area contributed by atoms with Crippen molar-refractivity contribution >= 4 is 11.9 Å². The number of aliphatic carboxylic acids is 1. The summed E-state index contributed by atoms with van der Waals surface area (Å²) in [5.41, 5.74) is 0.388. The topological polar surface area (TPSA) is 79.7 Å². The van der Waals surface area contributed by atoms with Gasteiger partial charge in [-0.25, -0.2) is 9.78 Å². The van der Waals surface area contributed by atoms with Gasteiger partial charge in [0.2, 0.25) is 5.88 Å². The number of hydrogen-bond acceptors (Lipinski definition) is 4. The fourth-order valence-corrected chi connectivity index (χ4v) is 2.40. The van der Waals surface area contributed by atoms with Gasteiger partial charge in [0.1, 0.15) is 6.04 Å². The minimum atomic E-state index is -0.943. The van der Waals surface area contributed by atoms with E-state index in [-0.39, 0.29) is 5.91 Å². The standard InChI is InChI=1S/C14H18N2O4/c1-20-12-7-6-10(9-15-12)13(17)16-8-4-2-3-5-11(16)14(18)19/h6-7,9,11H,2-5,8H2,1H3,(H,18,19). The Hall–Kier alpha value is -2.11. The van der Waals surface area contributed by atoms with E-state index >= 15 is 0 Å². The maximum Gasteiger partial charge on any atom is 0.326 e. The summed E-state index contributed by atoms with van der Waals surface area (Å²) in [6.45, 7) is 0.474. The Bertz CT molecular complexity index is 486. The predicted octanol–water partition coefficient (Wildman–Crippen LogP) is 1.56. The quantitative estimate of drug-likeness (QED) is 0.907. The van der Waals surface area contributed by atoms with Crippen LogP contribution in [0.5, 0.6) is 5.88 Å². The lowest BCUT2D eigenvalue weighted by Gasteiger charge is -2.26. The third-order valence-corrected chi connectivity index (χ3v) is 3.49. The van der Waals surface area contributed by atoms with Gasteiger partial charge in [0.25, 0.3) is 5.91 Å². The Morgan fingerprint density at radius 3 is 2.75 bits per heavy atom. The first kappa shape index (κ1) is 14.3. The van der Waals surface area contributed by atoms with Gasteiger partial charge < -0.3 is 14.7 Å². The highest BCUT2D eigenvalue weighted by Crippen LogP contribution is 2.20. The van der Waals surface area contributed by atoms with Gasteiger partial charge in [0, 0.05) is 18.8 Å². The predicted molar refractivity (Wildman–Crippen MR) is 71.7 cm³/mol. The first-order valence-corrected chi connectivity index (χ1v) is 6.67. The molecule has 1 N–H and O–H groups in total. The third-order valence-electron chi connectivity index (χ3n) is 3.49. The summed E-state index contributed by atoms with van der Waals surface area (Å²) in [4.78, 5) is 29.2. The Morgan fingerprint density at radius 1 is 1.35 bits per heavy atom. The van der Waals surface area contributed by atoms with E-state index in [1.807, 2.05) is 0 Å². The number of carboxylic acids is 1. The van der Waals surface area contributed by atoms with Crippen molar-refractivity contribution in [3.05, 3.63) is 23.9 Å². The first-order valence-electron chi connectivity index (χ1n) is 6.67. The average Bonchev–Trinajstić information content (AvgIpc) is 2.72. The average molecular weight is 278 g/mol. The van der Waals surface area contributed by atoms with Crippen LogP contribution >= 0.6 is 0 Å². The van der Waals surface area contributed by atoms with E-state index in [0.29, 0.717) is 24.4 Å². The number of ether oxygens (including phenoxy) is 1. The second kappa shape index (κ2) is 6.36. The van der Waals surface area contributed by atoms with Gasteiger partial charge in [-0.05, 0) is 18.9 Å². The SMILES string of the molecule is COc1ccc(C(=O)N2CCCCCC2C(=O)O)cn1. The molecule has 6 nitrogen and oxygen atoms in total. The van der Waals surface area contributed by atoms with E-state index in [1.165, 1.54) is 18.2 Å². The summed E-state index contributed by atoms with van der Waals surface area (Å²) in [6.07, 6.45) is 4.55. The largest absolute Gasteiger partial charge is 0.481 e. The number of carboxylic acid groups (broad SMARTS) is 1. The molecule has 1 fully saturated rings. The van der Waals surface area contributed by atoms with Crippen LogP contribution in [0.2, 0.25) is 0 Å². The first-order chi connectivity index (χ1) is 9.63. The van der Waals surface area contributed by atoms with Crippen molar-refractivity contribution in [2.75, 3.05) is 13.7 Å². The van der Waals surface area contributed by atoms with Crippen molar-refractivity contribution < 1.29 is 19.4 Å². The summed E-state index contributed by atoms with van der Waals surface area (Å²) < 4.78 is 4.94. The number of pyridine rings is 1. The number of methoxy groups -OCH3 is 1. The molecule has 1 aromatic rings. The molecular formula is C14H18N2O4. The lowest BCUT2D eigenvalue weighted by Crippen LogP contribution is -2.44. The van der Waals surface area contributed by atoms with Crippen molar-refractivity contribution in [1.29, 1.82) is 0 Å². The number of likely N-dealkylation sites (tertiary alicyclic amines) is 1. The van der Waals surface area contributed by atoms with Crippen LogP contribution in [0.4, 0.5) is 0 Å². The van der Waals surface area contributed by atoms with E-state index in [4.69, 9.17) is 4.74 Å². The maximum absolute atomic E-state index is 12.4. The molecule has 0 saturated carbocycles. The molecule has 0 radical (unpaired) electrons. The highest BCUT2D eigenvalue weighted by atomic mass is 16.5. The molecule has 1 aromatic heterocycles. The zero-order chi connectivity index (χ0) is 14.5. The summed E-state index contributed by atoms with van der Waals surface area (Å²) >= 11 is 0. The van der Waals surface area contributed by atoms with Crippen LogP contribution in [0.3, 0.4) is 0 Å². The van der Waals surface area contributed by atoms with Gasteiger partial charge in [0.05, 0.1) is 12.7 Å². The Balaban J connectivity index is 2.21. The summed E-state index contributed by atoms with van der Waals surface area (Å²) in [6, 6.07) is 2.46.